The van der Waals surface area contributed by atoms with E-state index in [1.807, 2.05) is 0 Å². The van der Waals surface area contributed by atoms with Crippen LogP contribution in [0.15, 0.2) is 24.7 Å². The summed E-state index contributed by atoms with van der Waals surface area (Å²) in [7, 11) is 5.27. The summed E-state index contributed by atoms with van der Waals surface area (Å²) < 4.78 is 1.62. The molecular formula is C18H20N6O2S. The molecule has 1 atom stereocenters. The molecule has 3 aromatic rings. The standard InChI is InChI=1S/C18H20N6O2S/c1-22(2)18(26)15-13(14-16(27-15)20-7-6-19-14)11-4-9-24(10-11)17(25)12-5-8-23(3)21-12/h5-8,11H,4,9-10H2,1-3H3/t11-/m1/s1. The Kier molecular flexibility index (Phi) is 4.39. The maximum absolute atomic E-state index is 12.7. The summed E-state index contributed by atoms with van der Waals surface area (Å²) >= 11 is 1.37. The minimum absolute atomic E-state index is 0.0516. The molecule has 2 amide bonds. The van der Waals surface area contributed by atoms with Crippen LogP contribution in [0.1, 0.15) is 38.1 Å². The van der Waals surface area contributed by atoms with Crippen LogP contribution in [0.5, 0.6) is 0 Å². The Morgan fingerprint density at radius 3 is 2.74 bits per heavy atom. The van der Waals surface area contributed by atoms with Crippen molar-refractivity contribution in [3.8, 4) is 0 Å². The summed E-state index contributed by atoms with van der Waals surface area (Å²) in [6.07, 6.45) is 5.83. The van der Waals surface area contributed by atoms with Gasteiger partial charge in [-0.2, -0.15) is 5.10 Å². The first-order chi connectivity index (χ1) is 13.0. The first-order valence-corrected chi connectivity index (χ1v) is 9.51. The number of thiophene rings is 1. The monoisotopic (exact) mass is 384 g/mol. The molecule has 27 heavy (non-hydrogen) atoms. The normalized spacial score (nSPS) is 16.9. The molecule has 8 nitrogen and oxygen atoms in total. The molecule has 9 heteroatoms. The van der Waals surface area contributed by atoms with Gasteiger partial charge in [0.1, 0.15) is 16.0 Å². The van der Waals surface area contributed by atoms with Crippen LogP contribution in [0, 0.1) is 0 Å². The van der Waals surface area contributed by atoms with Gasteiger partial charge in [-0.25, -0.2) is 4.98 Å². The lowest BCUT2D eigenvalue weighted by atomic mass is 9.97. The number of amides is 2. The highest BCUT2D eigenvalue weighted by Crippen LogP contribution is 2.39. The Labute approximate surface area is 160 Å². The van der Waals surface area contributed by atoms with Crippen molar-refractivity contribution in [1.82, 2.24) is 29.5 Å². The topological polar surface area (TPSA) is 84.2 Å². The van der Waals surface area contributed by atoms with Gasteiger partial charge in [-0.1, -0.05) is 0 Å². The van der Waals surface area contributed by atoms with Crippen LogP contribution < -0.4 is 0 Å². The smallest absolute Gasteiger partial charge is 0.274 e. The zero-order valence-corrected chi connectivity index (χ0v) is 16.2. The Bertz CT molecular complexity index is 1020. The van der Waals surface area contributed by atoms with E-state index in [0.29, 0.717) is 23.7 Å². The van der Waals surface area contributed by atoms with Gasteiger partial charge in [-0.3, -0.25) is 19.3 Å². The number of aromatic nitrogens is 4. The fourth-order valence-electron chi connectivity index (χ4n) is 3.46. The number of hydrogen-bond donors (Lipinski definition) is 0. The Morgan fingerprint density at radius 2 is 2.04 bits per heavy atom. The van der Waals surface area contributed by atoms with Crippen LogP contribution >= 0.6 is 11.3 Å². The lowest BCUT2D eigenvalue weighted by Gasteiger charge is -2.16. The fraction of sp³-hybridized carbons (Fsp3) is 0.389. The molecule has 1 saturated heterocycles. The van der Waals surface area contributed by atoms with E-state index in [1.54, 1.807) is 60.3 Å². The average Bonchev–Trinajstić information content (AvgIpc) is 3.37. The molecule has 3 aromatic heterocycles. The molecule has 0 unspecified atom stereocenters. The molecule has 1 fully saturated rings. The third kappa shape index (κ3) is 3.08. The highest BCUT2D eigenvalue weighted by Gasteiger charge is 2.34. The zero-order valence-electron chi connectivity index (χ0n) is 15.4. The van der Waals surface area contributed by atoms with E-state index in [1.165, 1.54) is 11.3 Å². The zero-order chi connectivity index (χ0) is 19.1. The molecule has 1 aliphatic heterocycles. The second-order valence-corrected chi connectivity index (χ2v) is 7.87. The number of rotatable bonds is 3. The van der Waals surface area contributed by atoms with E-state index in [-0.39, 0.29) is 17.7 Å². The maximum Gasteiger partial charge on any atom is 0.274 e. The predicted molar refractivity (Wildman–Crippen MR) is 102 cm³/mol. The van der Waals surface area contributed by atoms with Gasteiger partial charge >= 0.3 is 0 Å². The fourth-order valence-corrected chi connectivity index (χ4v) is 4.67. The third-order valence-corrected chi connectivity index (χ3v) is 5.87. The lowest BCUT2D eigenvalue weighted by molar-refractivity contribution is 0.0784. The van der Waals surface area contributed by atoms with Gasteiger partial charge in [-0.15, -0.1) is 11.3 Å². The van der Waals surface area contributed by atoms with Crippen LogP contribution in [0.3, 0.4) is 0 Å². The maximum atomic E-state index is 12.7. The van der Waals surface area contributed by atoms with Gasteiger partial charge in [0.25, 0.3) is 11.8 Å². The molecule has 0 aromatic carbocycles. The first-order valence-electron chi connectivity index (χ1n) is 8.69. The average molecular weight is 384 g/mol. The largest absolute Gasteiger partial charge is 0.344 e. The van der Waals surface area contributed by atoms with Gasteiger partial charge in [-0.05, 0) is 12.5 Å². The van der Waals surface area contributed by atoms with Crippen LogP contribution in [0.4, 0.5) is 0 Å². The number of nitrogens with zero attached hydrogens (tertiary/aromatic N) is 6. The Hall–Kier alpha value is -2.81. The number of carbonyl (C=O) groups is 2. The molecule has 0 radical (unpaired) electrons. The highest BCUT2D eigenvalue weighted by molar-refractivity contribution is 7.20. The van der Waals surface area contributed by atoms with Gasteiger partial charge in [0.2, 0.25) is 0 Å². The quantitative estimate of drug-likeness (QED) is 0.687. The minimum Gasteiger partial charge on any atom is -0.344 e. The number of carbonyl (C=O) groups excluding carboxylic acids is 2. The van der Waals surface area contributed by atoms with Crippen molar-refractivity contribution in [2.45, 2.75) is 12.3 Å². The van der Waals surface area contributed by atoms with Crippen LogP contribution in [-0.4, -0.2) is 68.5 Å². The van der Waals surface area contributed by atoms with Gasteiger partial charge in [0.15, 0.2) is 0 Å². The molecule has 0 N–H and O–H groups in total. The van der Waals surface area contributed by atoms with E-state index in [4.69, 9.17) is 0 Å². The van der Waals surface area contributed by atoms with Crippen molar-refractivity contribution in [3.05, 3.63) is 40.8 Å². The number of hydrogen-bond acceptors (Lipinski definition) is 6. The van der Waals surface area contributed by atoms with Gasteiger partial charge in [0, 0.05) is 64.3 Å². The summed E-state index contributed by atoms with van der Waals surface area (Å²) in [5.74, 6) is -0.0736. The molecule has 140 valence electrons. The van der Waals surface area contributed by atoms with Gasteiger partial charge < -0.3 is 9.80 Å². The van der Waals surface area contributed by atoms with E-state index in [2.05, 4.69) is 15.1 Å². The molecule has 1 aliphatic rings. The minimum atomic E-state index is -0.0794. The van der Waals surface area contributed by atoms with Crippen molar-refractivity contribution in [1.29, 1.82) is 0 Å². The summed E-state index contributed by atoms with van der Waals surface area (Å²) in [4.78, 5) is 39.1. The lowest BCUT2D eigenvalue weighted by Crippen LogP contribution is -2.29. The third-order valence-electron chi connectivity index (χ3n) is 4.78. The summed E-state index contributed by atoms with van der Waals surface area (Å²) in [6.45, 7) is 1.18. The van der Waals surface area contributed by atoms with Crippen molar-refractivity contribution in [3.63, 3.8) is 0 Å². The number of aryl methyl sites for hydroxylation is 1. The van der Waals surface area contributed by atoms with Crippen LogP contribution in [0.2, 0.25) is 0 Å². The van der Waals surface area contributed by atoms with E-state index >= 15 is 0 Å². The van der Waals surface area contributed by atoms with E-state index in [0.717, 1.165) is 22.3 Å². The van der Waals surface area contributed by atoms with Crippen LogP contribution in [-0.2, 0) is 7.05 Å². The summed E-state index contributed by atoms with van der Waals surface area (Å²) in [5.41, 5.74) is 2.13. The highest BCUT2D eigenvalue weighted by atomic mass is 32.1. The molecule has 0 spiro atoms. The molecule has 0 bridgehead atoms. The van der Waals surface area contributed by atoms with E-state index < -0.39 is 0 Å². The Balaban J connectivity index is 1.67. The molecule has 4 heterocycles. The van der Waals surface area contributed by atoms with Gasteiger partial charge in [0.05, 0.1) is 4.88 Å². The molecule has 4 rings (SSSR count). The molecular weight excluding hydrogens is 364 g/mol. The van der Waals surface area contributed by atoms with Crippen molar-refractivity contribution < 1.29 is 9.59 Å². The Morgan fingerprint density at radius 1 is 1.26 bits per heavy atom. The van der Waals surface area contributed by atoms with Crippen molar-refractivity contribution in [2.75, 3.05) is 27.2 Å². The van der Waals surface area contributed by atoms with Crippen LogP contribution in [0.25, 0.3) is 10.3 Å². The second kappa shape index (κ2) is 6.73. The number of fused-ring (bicyclic) bond motifs is 1. The molecule has 0 saturated carbocycles. The predicted octanol–water partition coefficient (Wildman–Crippen LogP) is 1.76. The summed E-state index contributed by atoms with van der Waals surface area (Å²) in [6, 6.07) is 1.72. The second-order valence-electron chi connectivity index (χ2n) is 6.87. The molecule has 0 aliphatic carbocycles. The SMILES string of the molecule is CN(C)C(=O)c1sc2nccnc2c1[C@@H]1CCN(C(=O)c2ccn(C)n2)C1. The summed E-state index contributed by atoms with van der Waals surface area (Å²) in [5, 5.41) is 4.21. The first kappa shape index (κ1) is 17.6. The van der Waals surface area contributed by atoms with E-state index in [9.17, 15) is 9.59 Å². The number of likely N-dealkylation sites (tertiary alicyclic amines) is 1. The van der Waals surface area contributed by atoms with Crippen molar-refractivity contribution in [2.24, 2.45) is 7.05 Å². The van der Waals surface area contributed by atoms with Crippen molar-refractivity contribution >= 4 is 33.5 Å².